The fourth-order valence-electron chi connectivity index (χ4n) is 4.04. The van der Waals surface area contributed by atoms with Gasteiger partial charge in [-0.2, -0.15) is 0 Å². The second kappa shape index (κ2) is 9.70. The number of aliphatic hydroxyl groups excluding tert-OH is 1. The van der Waals surface area contributed by atoms with Gasteiger partial charge in [-0.25, -0.2) is 8.78 Å². The van der Waals surface area contributed by atoms with Crippen LogP contribution in [-0.4, -0.2) is 23.4 Å². The predicted molar refractivity (Wildman–Crippen MR) is 129 cm³/mol. The van der Waals surface area contributed by atoms with E-state index in [2.05, 4.69) is 0 Å². The fourth-order valence-corrected chi connectivity index (χ4v) is 4.04. The van der Waals surface area contributed by atoms with Crippen molar-refractivity contribution >= 4 is 23.1 Å². The Morgan fingerprint density at radius 3 is 2.43 bits per heavy atom. The summed E-state index contributed by atoms with van der Waals surface area (Å²) in [6.45, 7) is 6.33. The highest BCUT2D eigenvalue weighted by Gasteiger charge is 2.47. The number of Topliss-reactive ketones (excluding diaryl/α,β-unsaturated/α-hetero) is 1. The van der Waals surface area contributed by atoms with Crippen LogP contribution in [0.2, 0.25) is 0 Å². The molecule has 1 heterocycles. The summed E-state index contributed by atoms with van der Waals surface area (Å²) in [6, 6.07) is 15.7. The lowest BCUT2D eigenvalue weighted by Gasteiger charge is -2.25. The second-order valence-electron chi connectivity index (χ2n) is 8.91. The van der Waals surface area contributed by atoms with Gasteiger partial charge in [0.1, 0.15) is 11.5 Å². The van der Waals surface area contributed by atoms with Gasteiger partial charge in [0.2, 0.25) is 0 Å². The Labute approximate surface area is 202 Å². The molecule has 1 aliphatic rings. The lowest BCUT2D eigenvalue weighted by molar-refractivity contribution is -0.132. The molecule has 1 unspecified atom stereocenters. The van der Waals surface area contributed by atoms with Gasteiger partial charge >= 0.3 is 0 Å². The van der Waals surface area contributed by atoms with Crippen LogP contribution >= 0.6 is 0 Å². The molecule has 180 valence electrons. The highest BCUT2D eigenvalue weighted by molar-refractivity contribution is 6.51. The number of amides is 1. The van der Waals surface area contributed by atoms with E-state index >= 15 is 0 Å². The maximum Gasteiger partial charge on any atom is 0.300 e. The number of ether oxygens (including phenoxy) is 1. The molecule has 3 aromatic rings. The number of rotatable bonds is 6. The molecule has 1 N–H and O–H groups in total. The third-order valence-corrected chi connectivity index (χ3v) is 5.67. The summed E-state index contributed by atoms with van der Waals surface area (Å²) in [4.78, 5) is 27.5. The van der Waals surface area contributed by atoms with Crippen LogP contribution in [0.4, 0.5) is 14.5 Å². The van der Waals surface area contributed by atoms with Crippen molar-refractivity contribution in [3.63, 3.8) is 0 Å². The molecule has 1 fully saturated rings. The van der Waals surface area contributed by atoms with Crippen LogP contribution in [0.25, 0.3) is 5.76 Å². The number of nitrogens with zero attached hydrogens (tertiary/aromatic N) is 1. The van der Waals surface area contributed by atoms with Gasteiger partial charge in [-0.3, -0.25) is 14.5 Å². The minimum absolute atomic E-state index is 0.00516. The number of aryl methyl sites for hydroxylation is 1. The van der Waals surface area contributed by atoms with Crippen LogP contribution in [0.3, 0.4) is 0 Å². The van der Waals surface area contributed by atoms with E-state index in [1.54, 1.807) is 42.5 Å². The molecule has 0 radical (unpaired) electrons. The quantitative estimate of drug-likeness (QED) is 0.271. The minimum atomic E-state index is -1.15. The lowest BCUT2D eigenvalue weighted by Crippen LogP contribution is -2.29. The van der Waals surface area contributed by atoms with E-state index < -0.39 is 29.4 Å². The molecule has 1 aliphatic heterocycles. The van der Waals surface area contributed by atoms with E-state index in [9.17, 15) is 23.5 Å². The first-order valence-electron chi connectivity index (χ1n) is 11.2. The first-order chi connectivity index (χ1) is 16.7. The van der Waals surface area contributed by atoms with E-state index in [1.165, 1.54) is 6.07 Å². The molecule has 0 saturated carbocycles. The van der Waals surface area contributed by atoms with Gasteiger partial charge in [0.15, 0.2) is 11.6 Å². The molecule has 35 heavy (non-hydrogen) atoms. The summed E-state index contributed by atoms with van der Waals surface area (Å²) in [7, 11) is 0. The highest BCUT2D eigenvalue weighted by Crippen LogP contribution is 2.42. The molecule has 0 spiro atoms. The lowest BCUT2D eigenvalue weighted by atomic mass is 9.94. The molecule has 1 atom stereocenters. The zero-order valence-corrected chi connectivity index (χ0v) is 19.6. The number of hydrogen-bond acceptors (Lipinski definition) is 4. The second-order valence-corrected chi connectivity index (χ2v) is 8.91. The third kappa shape index (κ3) is 4.80. The van der Waals surface area contributed by atoms with Crippen molar-refractivity contribution in [3.05, 3.63) is 101 Å². The summed E-state index contributed by atoms with van der Waals surface area (Å²) >= 11 is 0. The molecule has 1 saturated heterocycles. The van der Waals surface area contributed by atoms with E-state index in [1.807, 2.05) is 26.8 Å². The maximum absolute atomic E-state index is 14.1. The Morgan fingerprint density at radius 2 is 1.74 bits per heavy atom. The van der Waals surface area contributed by atoms with Gasteiger partial charge in [-0.1, -0.05) is 55.8 Å². The zero-order chi connectivity index (χ0) is 25.3. The van der Waals surface area contributed by atoms with E-state index in [4.69, 9.17) is 4.74 Å². The molecule has 0 bridgehead atoms. The van der Waals surface area contributed by atoms with Crippen LogP contribution in [0.5, 0.6) is 5.75 Å². The summed E-state index contributed by atoms with van der Waals surface area (Å²) in [5.74, 6) is -3.68. The summed E-state index contributed by atoms with van der Waals surface area (Å²) in [5.41, 5.74) is 1.56. The van der Waals surface area contributed by atoms with Crippen molar-refractivity contribution < 1.29 is 28.2 Å². The van der Waals surface area contributed by atoms with Gasteiger partial charge in [-0.15, -0.1) is 0 Å². The molecule has 5 nitrogen and oxygen atoms in total. The molecule has 3 aromatic carbocycles. The monoisotopic (exact) mass is 477 g/mol. The van der Waals surface area contributed by atoms with Crippen molar-refractivity contribution in [2.45, 2.75) is 26.8 Å². The number of anilines is 1. The van der Waals surface area contributed by atoms with Gasteiger partial charge in [0, 0.05) is 17.3 Å². The van der Waals surface area contributed by atoms with Crippen LogP contribution in [0.15, 0.2) is 72.3 Å². The molecule has 0 aromatic heterocycles. The number of benzene rings is 3. The van der Waals surface area contributed by atoms with Crippen molar-refractivity contribution in [2.24, 2.45) is 5.92 Å². The van der Waals surface area contributed by atoms with Gasteiger partial charge in [0.25, 0.3) is 11.7 Å². The number of aliphatic hydroxyl groups is 1. The summed E-state index contributed by atoms with van der Waals surface area (Å²) < 4.78 is 33.4. The maximum atomic E-state index is 14.1. The summed E-state index contributed by atoms with van der Waals surface area (Å²) in [6.07, 6.45) is 0. The Balaban J connectivity index is 1.88. The number of halogens is 2. The number of ketones is 1. The van der Waals surface area contributed by atoms with Gasteiger partial charge in [0.05, 0.1) is 18.2 Å². The van der Waals surface area contributed by atoms with Crippen LogP contribution in [0, 0.1) is 24.5 Å². The zero-order valence-electron chi connectivity index (χ0n) is 19.6. The van der Waals surface area contributed by atoms with Crippen molar-refractivity contribution in [2.75, 3.05) is 11.5 Å². The van der Waals surface area contributed by atoms with Crippen molar-refractivity contribution in [1.29, 1.82) is 0 Å². The van der Waals surface area contributed by atoms with E-state index in [-0.39, 0.29) is 22.9 Å². The SMILES string of the molecule is Cc1cccc(C2/C(=C(\O)c3cccc(OCC(C)C)c3)C(=O)C(=O)N2c2ccc(F)c(F)c2)c1. The smallest absolute Gasteiger partial charge is 0.300 e. The Morgan fingerprint density at radius 1 is 1.00 bits per heavy atom. The Bertz CT molecular complexity index is 1330. The number of hydrogen-bond donors (Lipinski definition) is 1. The van der Waals surface area contributed by atoms with Crippen molar-refractivity contribution in [1.82, 2.24) is 0 Å². The fraction of sp³-hybridized carbons (Fsp3) is 0.214. The number of carbonyl (C=O) groups is 2. The predicted octanol–water partition coefficient (Wildman–Crippen LogP) is 5.93. The number of carbonyl (C=O) groups excluding carboxylic acids is 2. The highest BCUT2D eigenvalue weighted by atomic mass is 19.2. The van der Waals surface area contributed by atoms with Gasteiger partial charge < -0.3 is 9.84 Å². The first-order valence-corrected chi connectivity index (χ1v) is 11.2. The van der Waals surface area contributed by atoms with Crippen LogP contribution < -0.4 is 9.64 Å². The van der Waals surface area contributed by atoms with Crippen LogP contribution in [-0.2, 0) is 9.59 Å². The van der Waals surface area contributed by atoms with E-state index in [0.717, 1.165) is 22.6 Å². The molecule has 1 amide bonds. The van der Waals surface area contributed by atoms with Crippen LogP contribution in [0.1, 0.15) is 36.6 Å². The topological polar surface area (TPSA) is 66.8 Å². The molecule has 7 heteroatoms. The molecular weight excluding hydrogens is 452 g/mol. The molecule has 4 rings (SSSR count). The standard InChI is InChI=1S/C28H25F2NO4/c1-16(2)15-35-21-9-5-8-19(13-21)26(32)24-25(18-7-4-6-17(3)12-18)31(28(34)27(24)33)20-10-11-22(29)23(30)14-20/h4-14,16,25,32H,15H2,1-3H3/b26-24+. The summed E-state index contributed by atoms with van der Waals surface area (Å²) in [5, 5.41) is 11.3. The van der Waals surface area contributed by atoms with Gasteiger partial charge in [-0.05, 0) is 42.7 Å². The molecule has 0 aliphatic carbocycles. The molecular formula is C28H25F2NO4. The average molecular weight is 478 g/mol. The Kier molecular flexibility index (Phi) is 6.69. The van der Waals surface area contributed by atoms with Crippen molar-refractivity contribution in [3.8, 4) is 5.75 Å². The average Bonchev–Trinajstić information content (AvgIpc) is 3.09. The largest absolute Gasteiger partial charge is 0.507 e. The Hall–Kier alpha value is -4.00. The minimum Gasteiger partial charge on any atom is -0.507 e. The third-order valence-electron chi connectivity index (χ3n) is 5.67. The van der Waals surface area contributed by atoms with E-state index in [0.29, 0.717) is 23.5 Å². The first kappa shape index (κ1) is 24.1. The normalized spacial score (nSPS) is 17.3.